The molecule has 0 aliphatic carbocycles. The number of aromatic nitrogens is 1. The Morgan fingerprint density at radius 2 is 2.35 bits per heavy atom. The van der Waals surface area contributed by atoms with Crippen LogP contribution < -0.4 is 5.56 Å². The molecule has 0 atom stereocenters. The van der Waals surface area contributed by atoms with E-state index in [2.05, 4.69) is 4.98 Å². The first kappa shape index (κ1) is 11.7. The smallest absolute Gasteiger partial charge is 0.347 e. The number of pyridine rings is 1. The van der Waals surface area contributed by atoms with E-state index in [1.165, 1.54) is 0 Å². The summed E-state index contributed by atoms with van der Waals surface area (Å²) in [6.45, 7) is 2.48. The molecule has 6 heteroatoms. The minimum Gasteiger partial charge on any atom is -0.506 e. The minimum absolute atomic E-state index is 0.151. The molecule has 6 nitrogen and oxygen atoms in total. The number of H-pyrrole nitrogens is 1. The molecule has 0 spiro atoms. The number of nitrogens with one attached hydrogen (secondary N) is 1. The Morgan fingerprint density at radius 3 is 3.06 bits per heavy atom. The summed E-state index contributed by atoms with van der Waals surface area (Å²) < 4.78 is 9.89. The number of carbonyl (C=O) groups is 1. The van der Waals surface area contributed by atoms with Crippen molar-refractivity contribution in [1.82, 2.24) is 4.98 Å². The second-order valence-corrected chi connectivity index (χ2v) is 3.66. The fourth-order valence-corrected chi connectivity index (χ4v) is 1.81. The maximum atomic E-state index is 11.7. The van der Waals surface area contributed by atoms with Gasteiger partial charge in [0.05, 0.1) is 25.5 Å². The molecular weight excluding hydrogens is 226 g/mol. The van der Waals surface area contributed by atoms with Crippen LogP contribution in [0.3, 0.4) is 0 Å². The van der Waals surface area contributed by atoms with Gasteiger partial charge in [0.25, 0.3) is 5.56 Å². The highest BCUT2D eigenvalue weighted by Crippen LogP contribution is 2.26. The van der Waals surface area contributed by atoms with Crippen molar-refractivity contribution >= 4 is 5.97 Å². The number of hydrogen-bond donors (Lipinski definition) is 2. The Bertz CT molecular complexity index is 505. The fourth-order valence-electron chi connectivity index (χ4n) is 1.81. The van der Waals surface area contributed by atoms with E-state index in [1.54, 1.807) is 6.92 Å². The number of esters is 1. The average molecular weight is 239 g/mol. The molecule has 0 saturated carbocycles. The van der Waals surface area contributed by atoms with Gasteiger partial charge in [-0.1, -0.05) is 0 Å². The highest BCUT2D eigenvalue weighted by molar-refractivity contribution is 5.92. The summed E-state index contributed by atoms with van der Waals surface area (Å²) in [6.07, 6.45) is 0.463. The number of ether oxygens (including phenoxy) is 2. The first-order valence-electron chi connectivity index (χ1n) is 5.37. The molecule has 2 heterocycles. The molecule has 1 aromatic heterocycles. The maximum Gasteiger partial charge on any atom is 0.347 e. The normalized spacial score (nSPS) is 14.2. The van der Waals surface area contributed by atoms with Crippen LogP contribution in [0.1, 0.15) is 28.5 Å². The predicted molar refractivity (Wildman–Crippen MR) is 58.0 cm³/mol. The van der Waals surface area contributed by atoms with Crippen LogP contribution in [0.4, 0.5) is 0 Å². The van der Waals surface area contributed by atoms with Gasteiger partial charge in [-0.2, -0.15) is 0 Å². The number of rotatable bonds is 2. The van der Waals surface area contributed by atoms with E-state index in [0.717, 1.165) is 0 Å². The molecule has 2 N–H and O–H groups in total. The first-order chi connectivity index (χ1) is 8.15. The zero-order valence-electron chi connectivity index (χ0n) is 9.41. The summed E-state index contributed by atoms with van der Waals surface area (Å²) in [5, 5.41) is 9.94. The second-order valence-electron chi connectivity index (χ2n) is 3.66. The van der Waals surface area contributed by atoms with Crippen LogP contribution in [0.25, 0.3) is 0 Å². The van der Waals surface area contributed by atoms with Gasteiger partial charge in [0.2, 0.25) is 0 Å². The molecule has 0 radical (unpaired) electrons. The fraction of sp³-hybridized carbons (Fsp3) is 0.455. The third-order valence-electron chi connectivity index (χ3n) is 2.60. The molecule has 0 saturated heterocycles. The Labute approximate surface area is 97.2 Å². The second kappa shape index (κ2) is 4.58. The van der Waals surface area contributed by atoms with E-state index < -0.39 is 11.5 Å². The minimum atomic E-state index is -0.805. The Morgan fingerprint density at radius 1 is 1.59 bits per heavy atom. The lowest BCUT2D eigenvalue weighted by Crippen LogP contribution is -2.25. The summed E-state index contributed by atoms with van der Waals surface area (Å²) in [5.41, 5.74) is 0.100. The van der Waals surface area contributed by atoms with Crippen LogP contribution in [0.2, 0.25) is 0 Å². The van der Waals surface area contributed by atoms with Crippen molar-refractivity contribution in [3.05, 3.63) is 27.2 Å². The number of carbonyl (C=O) groups excluding carboxylic acids is 1. The zero-order valence-corrected chi connectivity index (χ0v) is 9.41. The zero-order chi connectivity index (χ0) is 12.4. The van der Waals surface area contributed by atoms with Crippen LogP contribution in [-0.4, -0.2) is 29.3 Å². The molecule has 0 unspecified atom stereocenters. The maximum absolute atomic E-state index is 11.7. The first-order valence-corrected chi connectivity index (χ1v) is 5.37. The number of aromatic hydroxyl groups is 1. The standard InChI is InChI=1S/C11H13NO5/c1-2-17-11(15)8-9(13)6-3-4-16-5-7(6)12-10(8)14/h2-5H2,1H3,(H2,12,13,14). The van der Waals surface area contributed by atoms with Crippen molar-refractivity contribution < 1.29 is 19.4 Å². The molecule has 92 valence electrons. The van der Waals surface area contributed by atoms with Gasteiger partial charge >= 0.3 is 5.97 Å². The number of fused-ring (bicyclic) bond motifs is 1. The van der Waals surface area contributed by atoms with Crippen molar-refractivity contribution in [1.29, 1.82) is 0 Å². The topological polar surface area (TPSA) is 88.6 Å². The third kappa shape index (κ3) is 2.03. The number of hydrogen-bond acceptors (Lipinski definition) is 5. The summed E-state index contributed by atoms with van der Waals surface area (Å²) in [7, 11) is 0. The molecule has 0 amide bonds. The molecule has 0 bridgehead atoms. The highest BCUT2D eigenvalue weighted by atomic mass is 16.5. The Hall–Kier alpha value is -1.82. The van der Waals surface area contributed by atoms with Crippen molar-refractivity contribution in [3.63, 3.8) is 0 Å². The van der Waals surface area contributed by atoms with Gasteiger partial charge in [0.1, 0.15) is 5.75 Å². The van der Waals surface area contributed by atoms with Crippen LogP contribution in [0, 0.1) is 0 Å². The summed E-state index contributed by atoms with van der Waals surface area (Å²) in [5.74, 6) is -1.09. The van der Waals surface area contributed by atoms with E-state index in [0.29, 0.717) is 24.3 Å². The van der Waals surface area contributed by atoms with Gasteiger partial charge in [-0.25, -0.2) is 4.79 Å². The quantitative estimate of drug-likeness (QED) is 0.726. The van der Waals surface area contributed by atoms with E-state index >= 15 is 0 Å². The third-order valence-corrected chi connectivity index (χ3v) is 2.60. The lowest BCUT2D eigenvalue weighted by atomic mass is 10.0. The summed E-state index contributed by atoms with van der Waals surface area (Å²) in [4.78, 5) is 25.7. The lowest BCUT2D eigenvalue weighted by Gasteiger charge is -2.18. The van der Waals surface area contributed by atoms with Gasteiger partial charge in [-0.05, 0) is 6.92 Å². The molecule has 17 heavy (non-hydrogen) atoms. The van der Waals surface area contributed by atoms with E-state index in [4.69, 9.17) is 9.47 Å². The largest absolute Gasteiger partial charge is 0.506 e. The van der Waals surface area contributed by atoms with Crippen LogP contribution in [0.15, 0.2) is 4.79 Å². The van der Waals surface area contributed by atoms with Gasteiger partial charge < -0.3 is 19.6 Å². The summed E-state index contributed by atoms with van der Waals surface area (Å²) in [6, 6.07) is 0. The van der Waals surface area contributed by atoms with Gasteiger partial charge in [0.15, 0.2) is 5.56 Å². The van der Waals surface area contributed by atoms with E-state index in [1.807, 2.05) is 0 Å². The van der Waals surface area contributed by atoms with Gasteiger partial charge in [-0.15, -0.1) is 0 Å². The van der Waals surface area contributed by atoms with Crippen molar-refractivity contribution in [2.45, 2.75) is 20.0 Å². The SMILES string of the molecule is CCOC(=O)c1c(O)c2c([nH]c1=O)COCC2. The van der Waals surface area contributed by atoms with Gasteiger partial charge in [0, 0.05) is 12.0 Å². The monoisotopic (exact) mass is 239 g/mol. The van der Waals surface area contributed by atoms with Crippen LogP contribution in [-0.2, 0) is 22.5 Å². The van der Waals surface area contributed by atoms with Crippen LogP contribution >= 0.6 is 0 Å². The Kier molecular flexibility index (Phi) is 3.14. The molecule has 1 aliphatic heterocycles. The average Bonchev–Trinajstić information content (AvgIpc) is 2.29. The van der Waals surface area contributed by atoms with Crippen molar-refractivity contribution in [3.8, 4) is 5.75 Å². The summed E-state index contributed by atoms with van der Waals surface area (Å²) >= 11 is 0. The molecular formula is C11H13NO5. The predicted octanol–water partition coefficient (Wildman–Crippen LogP) is 0.330. The molecule has 2 rings (SSSR count). The molecule has 1 aromatic rings. The Balaban J connectivity index is 2.53. The molecule has 1 aliphatic rings. The van der Waals surface area contributed by atoms with Gasteiger partial charge in [-0.3, -0.25) is 4.79 Å². The van der Waals surface area contributed by atoms with E-state index in [9.17, 15) is 14.7 Å². The van der Waals surface area contributed by atoms with Crippen LogP contribution in [0.5, 0.6) is 5.75 Å². The highest BCUT2D eigenvalue weighted by Gasteiger charge is 2.24. The van der Waals surface area contributed by atoms with Crippen molar-refractivity contribution in [2.24, 2.45) is 0 Å². The number of aromatic amines is 1. The lowest BCUT2D eigenvalue weighted by molar-refractivity contribution is 0.0518. The molecule has 0 fully saturated rings. The van der Waals surface area contributed by atoms with Crippen molar-refractivity contribution in [2.75, 3.05) is 13.2 Å². The molecule has 0 aromatic carbocycles. The van der Waals surface area contributed by atoms with E-state index in [-0.39, 0.29) is 24.5 Å².